The lowest BCUT2D eigenvalue weighted by atomic mass is 9.85. The van der Waals surface area contributed by atoms with Gasteiger partial charge in [-0.05, 0) is 5.41 Å². The van der Waals surface area contributed by atoms with Crippen molar-refractivity contribution in [3.63, 3.8) is 0 Å². The molecule has 6 heteroatoms. The van der Waals surface area contributed by atoms with E-state index in [1.54, 1.807) is 9.80 Å². The largest absolute Gasteiger partial charge is 0.453 e. The Morgan fingerprint density at radius 1 is 1.16 bits per heavy atom. The van der Waals surface area contributed by atoms with E-state index in [0.717, 1.165) is 0 Å². The van der Waals surface area contributed by atoms with E-state index in [2.05, 4.69) is 4.74 Å². The minimum atomic E-state index is -0.335. The molecule has 1 aliphatic rings. The molecule has 19 heavy (non-hydrogen) atoms. The molecule has 110 valence electrons. The maximum Gasteiger partial charge on any atom is 0.409 e. The molecule has 0 aromatic carbocycles. The van der Waals surface area contributed by atoms with Crippen molar-refractivity contribution in [2.75, 3.05) is 33.3 Å². The summed E-state index contributed by atoms with van der Waals surface area (Å²) in [5.74, 6) is 0.0620. The Morgan fingerprint density at radius 3 is 2.05 bits per heavy atom. The fourth-order valence-corrected chi connectivity index (χ4v) is 1.89. The Bertz CT molecular complexity index is 331. The molecule has 2 amide bonds. The predicted molar refractivity (Wildman–Crippen MR) is 72.6 cm³/mol. The number of amides is 2. The summed E-state index contributed by atoms with van der Waals surface area (Å²) < 4.78 is 4.66. The summed E-state index contributed by atoms with van der Waals surface area (Å²) >= 11 is 0. The minimum Gasteiger partial charge on any atom is -0.453 e. The maximum atomic E-state index is 12.1. The van der Waals surface area contributed by atoms with Crippen LogP contribution in [-0.2, 0) is 9.53 Å². The first-order valence-electron chi connectivity index (χ1n) is 6.62. The SMILES string of the molecule is COC(=O)N1CCN(C(=O)CC(N)C(C)(C)C)CC1. The number of hydrogen-bond acceptors (Lipinski definition) is 4. The van der Waals surface area contributed by atoms with Crippen molar-refractivity contribution in [2.24, 2.45) is 11.1 Å². The number of carbonyl (C=O) groups excluding carboxylic acids is 2. The highest BCUT2D eigenvalue weighted by Gasteiger charge is 2.28. The average molecular weight is 271 g/mol. The summed E-state index contributed by atoms with van der Waals surface area (Å²) in [5.41, 5.74) is 5.94. The van der Waals surface area contributed by atoms with Crippen molar-refractivity contribution in [1.82, 2.24) is 9.80 Å². The van der Waals surface area contributed by atoms with Gasteiger partial charge < -0.3 is 20.3 Å². The van der Waals surface area contributed by atoms with Crippen molar-refractivity contribution in [3.8, 4) is 0 Å². The number of hydrogen-bond donors (Lipinski definition) is 1. The van der Waals surface area contributed by atoms with E-state index in [-0.39, 0.29) is 23.5 Å². The fraction of sp³-hybridized carbons (Fsp3) is 0.846. The van der Waals surface area contributed by atoms with Gasteiger partial charge in [0.15, 0.2) is 0 Å². The first-order valence-corrected chi connectivity index (χ1v) is 6.62. The zero-order chi connectivity index (χ0) is 14.6. The molecule has 1 unspecified atom stereocenters. The van der Waals surface area contributed by atoms with Crippen LogP contribution in [0.5, 0.6) is 0 Å². The van der Waals surface area contributed by atoms with Gasteiger partial charge in [0, 0.05) is 38.6 Å². The molecule has 1 saturated heterocycles. The fourth-order valence-electron chi connectivity index (χ4n) is 1.89. The topological polar surface area (TPSA) is 75.9 Å². The van der Waals surface area contributed by atoms with Crippen LogP contribution in [0.4, 0.5) is 4.79 Å². The number of rotatable bonds is 2. The van der Waals surface area contributed by atoms with Crippen molar-refractivity contribution in [3.05, 3.63) is 0 Å². The van der Waals surface area contributed by atoms with Crippen molar-refractivity contribution >= 4 is 12.0 Å². The highest BCUT2D eigenvalue weighted by atomic mass is 16.5. The average Bonchev–Trinajstić information content (AvgIpc) is 2.36. The molecule has 6 nitrogen and oxygen atoms in total. The summed E-state index contributed by atoms with van der Waals surface area (Å²) in [6.07, 6.45) is 0.0142. The third-order valence-electron chi connectivity index (χ3n) is 3.57. The second-order valence-electron chi connectivity index (χ2n) is 6.01. The van der Waals surface area contributed by atoms with Gasteiger partial charge in [0.05, 0.1) is 7.11 Å². The number of nitrogens with two attached hydrogens (primary N) is 1. The summed E-state index contributed by atoms with van der Waals surface area (Å²) in [4.78, 5) is 26.8. The van der Waals surface area contributed by atoms with Crippen LogP contribution in [-0.4, -0.2) is 61.1 Å². The van der Waals surface area contributed by atoms with Gasteiger partial charge in [-0.2, -0.15) is 0 Å². The molecule has 2 N–H and O–H groups in total. The van der Waals surface area contributed by atoms with Gasteiger partial charge in [0.25, 0.3) is 0 Å². The van der Waals surface area contributed by atoms with Gasteiger partial charge in [-0.1, -0.05) is 20.8 Å². The van der Waals surface area contributed by atoms with Gasteiger partial charge in [0.2, 0.25) is 5.91 Å². The van der Waals surface area contributed by atoms with E-state index in [4.69, 9.17) is 5.73 Å². The molecular formula is C13H25N3O3. The van der Waals surface area contributed by atoms with Gasteiger partial charge in [-0.15, -0.1) is 0 Å². The Hall–Kier alpha value is -1.30. The Balaban J connectivity index is 2.43. The van der Waals surface area contributed by atoms with Gasteiger partial charge in [-0.25, -0.2) is 4.79 Å². The summed E-state index contributed by atoms with van der Waals surface area (Å²) in [6, 6.07) is -0.154. The Kier molecular flexibility index (Phi) is 5.17. The zero-order valence-corrected chi connectivity index (χ0v) is 12.3. The lowest BCUT2D eigenvalue weighted by Crippen LogP contribution is -2.52. The van der Waals surface area contributed by atoms with Crippen molar-refractivity contribution in [1.29, 1.82) is 0 Å². The molecule has 1 heterocycles. The van der Waals surface area contributed by atoms with Crippen LogP contribution >= 0.6 is 0 Å². The molecule has 0 aromatic heterocycles. The van der Waals surface area contributed by atoms with E-state index in [0.29, 0.717) is 32.6 Å². The monoisotopic (exact) mass is 271 g/mol. The number of methoxy groups -OCH3 is 1. The van der Waals surface area contributed by atoms with Gasteiger partial charge >= 0.3 is 6.09 Å². The molecular weight excluding hydrogens is 246 g/mol. The Morgan fingerprint density at radius 2 is 1.63 bits per heavy atom. The highest BCUT2D eigenvalue weighted by Crippen LogP contribution is 2.20. The van der Waals surface area contributed by atoms with Crippen LogP contribution in [0.2, 0.25) is 0 Å². The molecule has 0 spiro atoms. The van der Waals surface area contributed by atoms with E-state index >= 15 is 0 Å². The zero-order valence-electron chi connectivity index (χ0n) is 12.3. The predicted octanol–water partition coefficient (Wildman–Crippen LogP) is 0.661. The number of piperazine rings is 1. The van der Waals surface area contributed by atoms with Crippen LogP contribution in [0.15, 0.2) is 0 Å². The molecule has 0 saturated carbocycles. The molecule has 1 rings (SSSR count). The second-order valence-corrected chi connectivity index (χ2v) is 6.01. The van der Waals surface area contributed by atoms with E-state index < -0.39 is 0 Å². The standard InChI is InChI=1S/C13H25N3O3/c1-13(2,3)10(14)9-11(17)15-5-7-16(8-6-15)12(18)19-4/h10H,5-9,14H2,1-4H3. The van der Waals surface area contributed by atoms with Crippen LogP contribution in [0.1, 0.15) is 27.2 Å². The molecule has 1 aliphatic heterocycles. The summed E-state index contributed by atoms with van der Waals surface area (Å²) in [5, 5.41) is 0. The third-order valence-corrected chi connectivity index (χ3v) is 3.57. The van der Waals surface area contributed by atoms with Crippen molar-refractivity contribution < 1.29 is 14.3 Å². The summed E-state index contributed by atoms with van der Waals surface area (Å²) in [7, 11) is 1.36. The lowest BCUT2D eigenvalue weighted by molar-refractivity contribution is -0.133. The second kappa shape index (κ2) is 6.23. The van der Waals surface area contributed by atoms with Crippen LogP contribution < -0.4 is 5.73 Å². The highest BCUT2D eigenvalue weighted by molar-refractivity contribution is 5.77. The maximum absolute atomic E-state index is 12.1. The van der Waals surface area contributed by atoms with Crippen molar-refractivity contribution in [2.45, 2.75) is 33.2 Å². The van der Waals surface area contributed by atoms with E-state index in [1.807, 2.05) is 20.8 Å². The normalized spacial score (nSPS) is 18.2. The quantitative estimate of drug-likeness (QED) is 0.800. The molecule has 0 aliphatic carbocycles. The molecule has 0 bridgehead atoms. The van der Waals surface area contributed by atoms with E-state index in [1.165, 1.54) is 7.11 Å². The number of nitrogens with zero attached hydrogens (tertiary/aromatic N) is 2. The molecule has 1 atom stereocenters. The molecule has 0 aromatic rings. The first-order chi connectivity index (χ1) is 8.75. The number of ether oxygens (including phenoxy) is 1. The number of carbonyl (C=O) groups is 2. The van der Waals surface area contributed by atoms with Crippen LogP contribution in [0.3, 0.4) is 0 Å². The lowest BCUT2D eigenvalue weighted by Gasteiger charge is -2.35. The van der Waals surface area contributed by atoms with Crippen LogP contribution in [0.25, 0.3) is 0 Å². The first kappa shape index (κ1) is 15.8. The van der Waals surface area contributed by atoms with Gasteiger partial charge in [-0.3, -0.25) is 4.79 Å². The Labute approximate surface area is 114 Å². The smallest absolute Gasteiger partial charge is 0.409 e. The summed E-state index contributed by atoms with van der Waals surface area (Å²) in [6.45, 7) is 8.21. The molecule has 1 fully saturated rings. The van der Waals surface area contributed by atoms with Crippen LogP contribution in [0, 0.1) is 5.41 Å². The molecule has 0 radical (unpaired) electrons. The minimum absolute atomic E-state index is 0.0620. The van der Waals surface area contributed by atoms with Gasteiger partial charge in [0.1, 0.15) is 0 Å². The third kappa shape index (κ3) is 4.38. The van der Waals surface area contributed by atoms with E-state index in [9.17, 15) is 9.59 Å².